The van der Waals surface area contributed by atoms with Crippen LogP contribution in [0.4, 0.5) is 0 Å². The van der Waals surface area contributed by atoms with E-state index in [4.69, 9.17) is 14.2 Å². The Kier molecular flexibility index (Phi) is 34.0. The molecule has 0 amide bonds. The van der Waals surface area contributed by atoms with Gasteiger partial charge in [-0.25, -0.2) is 4.79 Å². The minimum absolute atomic E-state index is 0.0371. The van der Waals surface area contributed by atoms with E-state index in [0.717, 1.165) is 70.6 Å². The molecule has 0 saturated heterocycles. The normalized spacial score (nSPS) is 13.6. The van der Waals surface area contributed by atoms with Crippen LogP contribution >= 0.6 is 0 Å². The maximum absolute atomic E-state index is 12.7. The van der Waals surface area contributed by atoms with Crippen molar-refractivity contribution in [3.63, 3.8) is 0 Å². The molecule has 53 heavy (non-hydrogen) atoms. The van der Waals surface area contributed by atoms with Crippen molar-refractivity contribution in [1.29, 1.82) is 0 Å². The van der Waals surface area contributed by atoms with Crippen LogP contribution < -0.4 is 0 Å². The van der Waals surface area contributed by atoms with Gasteiger partial charge in [-0.2, -0.15) is 0 Å². The van der Waals surface area contributed by atoms with Crippen molar-refractivity contribution in [3.05, 3.63) is 60.8 Å². The number of carboxylic acids is 1. The van der Waals surface area contributed by atoms with Crippen LogP contribution in [0.3, 0.4) is 0 Å². The van der Waals surface area contributed by atoms with E-state index in [0.29, 0.717) is 19.3 Å². The van der Waals surface area contributed by atoms with Crippen LogP contribution in [0.2, 0.25) is 0 Å². The lowest BCUT2D eigenvalue weighted by Crippen LogP contribution is -2.50. The molecule has 0 aromatic carbocycles. The fraction of sp³-hybridized carbons (Fsp3) is 0.711. The number of hydrogen-bond donors (Lipinski definition) is 1. The molecule has 0 aliphatic carbocycles. The summed E-state index contributed by atoms with van der Waals surface area (Å²) in [6.45, 7) is 4.53. The number of quaternary nitrogens is 1. The Labute approximate surface area is 324 Å². The number of carbonyl (C=O) groups is 3. The van der Waals surface area contributed by atoms with Gasteiger partial charge < -0.3 is 23.8 Å². The van der Waals surface area contributed by atoms with Crippen LogP contribution in [0.25, 0.3) is 0 Å². The fourth-order valence-electron chi connectivity index (χ4n) is 5.67. The maximum Gasteiger partial charge on any atom is 0.362 e. The minimum Gasteiger partial charge on any atom is -0.477 e. The van der Waals surface area contributed by atoms with Crippen LogP contribution in [0.15, 0.2) is 60.8 Å². The highest BCUT2D eigenvalue weighted by Crippen LogP contribution is 2.12. The maximum atomic E-state index is 12.7. The first-order valence-corrected chi connectivity index (χ1v) is 20.8. The van der Waals surface area contributed by atoms with Gasteiger partial charge in [0.1, 0.15) is 6.61 Å². The molecule has 8 nitrogen and oxygen atoms in total. The molecule has 0 rings (SSSR count). The van der Waals surface area contributed by atoms with E-state index in [1.807, 2.05) is 21.1 Å². The Morgan fingerprint density at radius 3 is 1.62 bits per heavy atom. The van der Waals surface area contributed by atoms with Crippen molar-refractivity contribution in [3.8, 4) is 0 Å². The number of carboxylic acid groups (broad SMARTS) is 1. The van der Waals surface area contributed by atoms with Gasteiger partial charge in [-0.1, -0.05) is 126 Å². The summed E-state index contributed by atoms with van der Waals surface area (Å²) in [7, 11) is 5.49. The van der Waals surface area contributed by atoms with E-state index in [9.17, 15) is 19.5 Å². The lowest BCUT2D eigenvalue weighted by atomic mass is 10.1. The zero-order valence-corrected chi connectivity index (χ0v) is 34.4. The van der Waals surface area contributed by atoms with Gasteiger partial charge in [-0.3, -0.25) is 9.59 Å². The summed E-state index contributed by atoms with van der Waals surface area (Å²) in [6.07, 6.45) is 42.7. The number of esters is 2. The van der Waals surface area contributed by atoms with Gasteiger partial charge in [0.15, 0.2) is 12.1 Å². The number of allylic oxidation sites excluding steroid dienone is 10. The zero-order valence-electron chi connectivity index (χ0n) is 34.4. The quantitative estimate of drug-likeness (QED) is 0.0295. The number of aliphatic carboxylic acids is 1. The molecule has 0 fully saturated rings. The summed E-state index contributed by atoms with van der Waals surface area (Å²) in [4.78, 5) is 36.8. The van der Waals surface area contributed by atoms with Gasteiger partial charge in [0.2, 0.25) is 0 Å². The zero-order chi connectivity index (χ0) is 39.3. The number of carbonyl (C=O) groups excluding carboxylic acids is 2. The van der Waals surface area contributed by atoms with Crippen molar-refractivity contribution < 1.29 is 38.2 Å². The minimum atomic E-state index is -0.887. The summed E-state index contributed by atoms with van der Waals surface area (Å²) in [5.41, 5.74) is 0. The van der Waals surface area contributed by atoms with Gasteiger partial charge in [0.05, 0.1) is 34.4 Å². The fourth-order valence-corrected chi connectivity index (χ4v) is 5.67. The molecule has 0 aliphatic heterocycles. The molecule has 0 aromatic rings. The highest BCUT2D eigenvalue weighted by Gasteiger charge is 2.31. The third kappa shape index (κ3) is 34.5. The summed E-state index contributed by atoms with van der Waals surface area (Å²) < 4.78 is 17.2. The number of hydrogen-bond acceptors (Lipinski definition) is 6. The first-order valence-electron chi connectivity index (χ1n) is 20.8. The number of nitrogens with zero attached hydrogens (tertiary/aromatic N) is 1. The van der Waals surface area contributed by atoms with Crippen LogP contribution in [0.5, 0.6) is 0 Å². The Morgan fingerprint density at radius 1 is 0.585 bits per heavy atom. The van der Waals surface area contributed by atoms with E-state index in [-0.39, 0.29) is 42.7 Å². The average Bonchev–Trinajstić information content (AvgIpc) is 3.11. The van der Waals surface area contributed by atoms with E-state index >= 15 is 0 Å². The summed E-state index contributed by atoms with van der Waals surface area (Å²) in [6, 6.07) is -0.625. The van der Waals surface area contributed by atoms with Crippen LogP contribution in [0.1, 0.15) is 155 Å². The number of ether oxygens (including phenoxy) is 3. The van der Waals surface area contributed by atoms with Gasteiger partial charge in [0.25, 0.3) is 0 Å². The monoisotopic (exact) mass is 745 g/mol. The highest BCUT2D eigenvalue weighted by molar-refractivity contribution is 5.72. The second-order valence-electron chi connectivity index (χ2n) is 14.9. The standard InChI is InChI=1S/C45H77NO7/c1-6-8-10-12-14-16-18-20-21-22-23-24-26-27-29-31-33-35-43(47)52-40-41(39-51-38-37-42(45(49)50)46(3,4)5)53-44(48)36-34-32-30-28-25-19-17-15-13-11-9-7-2/h9,11,15,17,20-21,23-24,27,29,41-42H,6-8,10,12-14,16,18-19,22,25-26,28,30-40H2,1-5H3/p+1/b11-9+,17-15+,21-20+,24-23+,29-27+. The van der Waals surface area contributed by atoms with Gasteiger partial charge in [-0.15, -0.1) is 0 Å². The topological polar surface area (TPSA) is 99.1 Å². The summed E-state index contributed by atoms with van der Waals surface area (Å²) in [5.74, 6) is -1.56. The summed E-state index contributed by atoms with van der Waals surface area (Å²) >= 11 is 0. The van der Waals surface area contributed by atoms with Crippen molar-refractivity contribution >= 4 is 17.9 Å². The molecule has 0 aromatic heterocycles. The first-order chi connectivity index (χ1) is 25.6. The molecule has 8 heteroatoms. The summed E-state index contributed by atoms with van der Waals surface area (Å²) in [5, 5.41) is 9.60. The Bertz CT molecular complexity index is 1050. The SMILES string of the molecule is CC/C=C/C/C=C/CCCCCCCC(=O)OC(COCCC(C(=O)O)[N+](C)(C)C)COC(=O)CCC/C=C/C/C=C/C/C=C/CCCCCCCC. The molecule has 0 heterocycles. The van der Waals surface area contributed by atoms with Gasteiger partial charge in [0, 0.05) is 19.3 Å². The van der Waals surface area contributed by atoms with E-state index in [2.05, 4.69) is 74.6 Å². The Hall–Kier alpha value is -2.97. The van der Waals surface area contributed by atoms with Gasteiger partial charge >= 0.3 is 17.9 Å². The lowest BCUT2D eigenvalue weighted by molar-refractivity contribution is -0.887. The van der Waals surface area contributed by atoms with E-state index in [1.165, 1.54) is 44.9 Å². The third-order valence-corrected chi connectivity index (χ3v) is 8.90. The molecule has 0 aliphatic rings. The second kappa shape index (κ2) is 36.0. The molecular weight excluding hydrogens is 666 g/mol. The molecule has 0 saturated carbocycles. The third-order valence-electron chi connectivity index (χ3n) is 8.90. The molecule has 0 spiro atoms. The smallest absolute Gasteiger partial charge is 0.362 e. The van der Waals surface area contributed by atoms with Crippen molar-refractivity contribution in [2.24, 2.45) is 0 Å². The average molecular weight is 745 g/mol. The van der Waals surface area contributed by atoms with Crippen molar-refractivity contribution in [1.82, 2.24) is 0 Å². The van der Waals surface area contributed by atoms with Crippen molar-refractivity contribution in [2.75, 3.05) is 41.0 Å². The second-order valence-corrected chi connectivity index (χ2v) is 14.9. The molecule has 1 N–H and O–H groups in total. The molecule has 0 bridgehead atoms. The predicted octanol–water partition coefficient (Wildman–Crippen LogP) is 11.0. The number of rotatable bonds is 36. The first kappa shape index (κ1) is 50.0. The van der Waals surface area contributed by atoms with Crippen molar-refractivity contribution in [2.45, 2.75) is 167 Å². The number of unbranched alkanes of at least 4 members (excludes halogenated alkanes) is 12. The number of likely N-dealkylation sites (N-methyl/N-ethyl adjacent to an activating group) is 1. The Morgan fingerprint density at radius 2 is 1.08 bits per heavy atom. The van der Waals surface area contributed by atoms with Crippen LogP contribution in [-0.2, 0) is 28.6 Å². The largest absolute Gasteiger partial charge is 0.477 e. The molecular formula is C45H78NO7+. The molecule has 2 unspecified atom stereocenters. The van der Waals surface area contributed by atoms with E-state index < -0.39 is 18.1 Å². The van der Waals surface area contributed by atoms with Crippen LogP contribution in [-0.4, -0.2) is 80.6 Å². The Balaban J connectivity index is 4.47. The molecule has 304 valence electrons. The molecule has 2 atom stereocenters. The lowest BCUT2D eigenvalue weighted by Gasteiger charge is -2.31. The van der Waals surface area contributed by atoms with E-state index in [1.54, 1.807) is 0 Å². The van der Waals surface area contributed by atoms with Crippen LogP contribution in [0, 0.1) is 0 Å². The predicted molar refractivity (Wildman–Crippen MR) is 220 cm³/mol. The highest BCUT2D eigenvalue weighted by atomic mass is 16.6. The molecule has 0 radical (unpaired) electrons. The van der Waals surface area contributed by atoms with Gasteiger partial charge in [-0.05, 0) is 70.6 Å².